The number of aliphatic hydroxyl groups is 1. The summed E-state index contributed by atoms with van der Waals surface area (Å²) in [5, 5.41) is 10.0. The molecule has 4 heteroatoms. The van der Waals surface area contributed by atoms with Crippen LogP contribution < -0.4 is 9.47 Å². The minimum absolute atomic E-state index is 0.0168. The Morgan fingerprint density at radius 3 is 3.05 bits per heavy atom. The van der Waals surface area contributed by atoms with Crippen LogP contribution in [0.25, 0.3) is 0 Å². The Bertz CT molecular complexity index is 707. The summed E-state index contributed by atoms with van der Waals surface area (Å²) < 4.78 is 14.1. The van der Waals surface area contributed by atoms with E-state index in [2.05, 4.69) is 36.9 Å². The second kappa shape index (κ2) is 4.59. The molecule has 1 spiro atoms. The zero-order chi connectivity index (χ0) is 15.5. The number of rotatable bonds is 1. The summed E-state index contributed by atoms with van der Waals surface area (Å²) in [6.07, 6.45) is 7.50. The van der Waals surface area contributed by atoms with Crippen molar-refractivity contribution in [2.75, 3.05) is 20.7 Å². The maximum absolute atomic E-state index is 10.0. The van der Waals surface area contributed by atoms with Crippen LogP contribution in [0.1, 0.15) is 29.5 Å². The third-order valence-electron chi connectivity index (χ3n) is 5.31. The lowest BCUT2D eigenvalue weighted by Gasteiger charge is -2.34. The minimum atomic E-state index is -0.426. The van der Waals surface area contributed by atoms with Gasteiger partial charge in [-0.3, -0.25) is 0 Å². The minimum Gasteiger partial charge on any atom is -0.493 e. The van der Waals surface area contributed by atoms with Gasteiger partial charge in [-0.2, -0.15) is 0 Å². The molecule has 0 saturated carbocycles. The lowest BCUT2D eigenvalue weighted by molar-refractivity contribution is -0.493. The van der Waals surface area contributed by atoms with E-state index in [1.165, 1.54) is 16.7 Å². The first-order valence-corrected chi connectivity index (χ1v) is 7.86. The first-order chi connectivity index (χ1) is 10.5. The molecule has 0 fully saturated rings. The van der Waals surface area contributed by atoms with Crippen LogP contribution in [0, 0.1) is 6.92 Å². The number of aryl methyl sites for hydroxylation is 1. The molecule has 1 aliphatic carbocycles. The lowest BCUT2D eigenvalue weighted by atomic mass is 9.68. The molecule has 0 saturated heterocycles. The fraction of sp³-hybridized carbons (Fsp3) is 0.500. The van der Waals surface area contributed by atoms with Crippen molar-refractivity contribution >= 4 is 6.21 Å². The average molecular weight is 300 g/mol. The van der Waals surface area contributed by atoms with E-state index in [9.17, 15) is 5.11 Å². The molecule has 2 unspecified atom stereocenters. The Hall–Kier alpha value is -1.81. The molecule has 1 aromatic rings. The summed E-state index contributed by atoms with van der Waals surface area (Å²) in [5.41, 5.74) is 3.53. The van der Waals surface area contributed by atoms with Gasteiger partial charge in [-0.1, -0.05) is 12.2 Å². The van der Waals surface area contributed by atoms with Gasteiger partial charge >= 0.3 is 0 Å². The number of aliphatic hydroxyl groups excluding tert-OH is 1. The standard InChI is InChI=1S/C18H22NO3/c1-11-8-14(21-3)17-16-13(11)10-19(2)7-6-18(16)5-4-12(20)9-15(18)22-17/h4-5,8,10,12,15,20H,6-7,9H2,1-3H3/q+1/t12-,15?,18?/m1/s1. The molecule has 116 valence electrons. The Morgan fingerprint density at radius 1 is 1.45 bits per heavy atom. The van der Waals surface area contributed by atoms with Crippen molar-refractivity contribution in [1.29, 1.82) is 0 Å². The van der Waals surface area contributed by atoms with Crippen LogP contribution in [0.4, 0.5) is 0 Å². The predicted molar refractivity (Wildman–Crippen MR) is 84.4 cm³/mol. The molecule has 2 aliphatic heterocycles. The zero-order valence-corrected chi connectivity index (χ0v) is 13.3. The van der Waals surface area contributed by atoms with E-state index >= 15 is 0 Å². The Kier molecular flexibility index (Phi) is 2.89. The van der Waals surface area contributed by atoms with Crippen molar-refractivity contribution in [3.05, 3.63) is 34.9 Å². The van der Waals surface area contributed by atoms with Gasteiger partial charge in [0.25, 0.3) is 0 Å². The summed E-state index contributed by atoms with van der Waals surface area (Å²) in [4.78, 5) is 0. The molecule has 3 aliphatic rings. The molecular weight excluding hydrogens is 278 g/mol. The van der Waals surface area contributed by atoms with Crippen LogP contribution in [0.15, 0.2) is 18.2 Å². The van der Waals surface area contributed by atoms with Gasteiger partial charge in [-0.25, -0.2) is 4.58 Å². The highest BCUT2D eigenvalue weighted by atomic mass is 16.5. The maximum Gasteiger partial charge on any atom is 0.171 e. The number of ether oxygens (including phenoxy) is 2. The SMILES string of the molecule is COc1cc(C)c2c3c1OC1C[C@H](O)C=CC31CC[N+](C)=C2. The summed E-state index contributed by atoms with van der Waals surface area (Å²) >= 11 is 0. The van der Waals surface area contributed by atoms with Gasteiger partial charge in [0, 0.05) is 24.0 Å². The molecule has 3 atom stereocenters. The lowest BCUT2D eigenvalue weighted by Crippen LogP contribution is -2.42. The molecule has 22 heavy (non-hydrogen) atoms. The third-order valence-corrected chi connectivity index (χ3v) is 5.31. The van der Waals surface area contributed by atoms with E-state index in [1.54, 1.807) is 7.11 Å². The fourth-order valence-electron chi connectivity index (χ4n) is 4.13. The monoisotopic (exact) mass is 300 g/mol. The molecule has 1 N–H and O–H groups in total. The number of hydrogen-bond acceptors (Lipinski definition) is 3. The van der Waals surface area contributed by atoms with Crippen molar-refractivity contribution in [2.45, 2.75) is 37.4 Å². The van der Waals surface area contributed by atoms with Gasteiger partial charge < -0.3 is 14.6 Å². The first kappa shape index (κ1) is 13.8. The van der Waals surface area contributed by atoms with Crippen LogP contribution in [-0.2, 0) is 5.41 Å². The van der Waals surface area contributed by atoms with Crippen LogP contribution in [0.2, 0.25) is 0 Å². The van der Waals surface area contributed by atoms with Gasteiger partial charge in [0.15, 0.2) is 17.7 Å². The number of benzene rings is 1. The van der Waals surface area contributed by atoms with Gasteiger partial charge in [-0.05, 0) is 18.6 Å². The largest absolute Gasteiger partial charge is 0.493 e. The highest BCUT2D eigenvalue weighted by Gasteiger charge is 2.53. The predicted octanol–water partition coefficient (Wildman–Crippen LogP) is 1.79. The van der Waals surface area contributed by atoms with Crippen molar-refractivity contribution < 1.29 is 19.2 Å². The molecule has 4 nitrogen and oxygen atoms in total. The molecular formula is C18H22NO3+. The van der Waals surface area contributed by atoms with Crippen LogP contribution in [-0.4, -0.2) is 48.8 Å². The molecule has 4 rings (SSSR count). The highest BCUT2D eigenvalue weighted by Crippen LogP contribution is 2.55. The molecule has 0 aromatic heterocycles. The molecule has 0 amide bonds. The third kappa shape index (κ3) is 1.70. The normalized spacial score (nSPS) is 31.7. The van der Waals surface area contributed by atoms with E-state index in [0.29, 0.717) is 6.42 Å². The number of hydrogen-bond donors (Lipinski definition) is 1. The summed E-state index contributed by atoms with van der Waals surface area (Å²) in [6, 6.07) is 2.05. The molecule has 0 radical (unpaired) electrons. The van der Waals surface area contributed by atoms with E-state index < -0.39 is 6.10 Å². The van der Waals surface area contributed by atoms with E-state index in [4.69, 9.17) is 9.47 Å². The smallest absolute Gasteiger partial charge is 0.171 e. The van der Waals surface area contributed by atoms with Crippen molar-refractivity contribution in [1.82, 2.24) is 0 Å². The quantitative estimate of drug-likeness (QED) is 0.635. The highest BCUT2D eigenvalue weighted by molar-refractivity contribution is 5.85. The van der Waals surface area contributed by atoms with Crippen LogP contribution >= 0.6 is 0 Å². The fourth-order valence-corrected chi connectivity index (χ4v) is 4.13. The Labute approximate surface area is 130 Å². The molecule has 0 bridgehead atoms. The van der Waals surface area contributed by atoms with E-state index in [-0.39, 0.29) is 11.5 Å². The zero-order valence-electron chi connectivity index (χ0n) is 13.3. The first-order valence-electron chi connectivity index (χ1n) is 7.86. The molecule has 1 aromatic carbocycles. The van der Waals surface area contributed by atoms with E-state index in [0.717, 1.165) is 24.5 Å². The summed E-state index contributed by atoms with van der Waals surface area (Å²) in [6.45, 7) is 3.09. The van der Waals surface area contributed by atoms with Crippen molar-refractivity contribution in [3.63, 3.8) is 0 Å². The van der Waals surface area contributed by atoms with E-state index in [1.807, 2.05) is 6.08 Å². The van der Waals surface area contributed by atoms with Crippen LogP contribution in [0.5, 0.6) is 11.5 Å². The van der Waals surface area contributed by atoms with Crippen molar-refractivity contribution in [2.24, 2.45) is 0 Å². The number of nitrogens with zero attached hydrogens (tertiary/aromatic N) is 1. The van der Waals surface area contributed by atoms with Gasteiger partial charge in [-0.15, -0.1) is 0 Å². The van der Waals surface area contributed by atoms with Gasteiger partial charge in [0.2, 0.25) is 0 Å². The average Bonchev–Trinajstić information content (AvgIpc) is 2.74. The topological polar surface area (TPSA) is 41.7 Å². The second-order valence-corrected chi connectivity index (χ2v) is 6.68. The maximum atomic E-state index is 10.0. The molecule has 2 heterocycles. The van der Waals surface area contributed by atoms with Crippen LogP contribution in [0.3, 0.4) is 0 Å². The van der Waals surface area contributed by atoms with Gasteiger partial charge in [0.05, 0.1) is 18.6 Å². The number of methoxy groups -OCH3 is 1. The summed E-state index contributed by atoms with van der Waals surface area (Å²) in [7, 11) is 3.80. The Balaban J connectivity index is 2.03. The summed E-state index contributed by atoms with van der Waals surface area (Å²) in [5.74, 6) is 1.66. The van der Waals surface area contributed by atoms with Crippen molar-refractivity contribution in [3.8, 4) is 11.5 Å². The Morgan fingerprint density at radius 2 is 2.27 bits per heavy atom. The second-order valence-electron chi connectivity index (χ2n) is 6.68. The van der Waals surface area contributed by atoms with Gasteiger partial charge in [0.1, 0.15) is 19.7 Å².